The molecule has 1 aliphatic rings. The second kappa shape index (κ2) is 12.9. The molecule has 0 bridgehead atoms. The molecular formula is C31H38N2O7S. The molecule has 3 aromatic rings. The first kappa shape index (κ1) is 30.3. The first-order valence-electron chi connectivity index (χ1n) is 13.8. The van der Waals surface area contributed by atoms with Gasteiger partial charge in [-0.05, 0) is 68.9 Å². The van der Waals surface area contributed by atoms with Gasteiger partial charge in [-0.15, -0.1) is 0 Å². The Bertz CT molecular complexity index is 1550. The number of hydrogen-bond acceptors (Lipinski definition) is 7. The van der Waals surface area contributed by atoms with Gasteiger partial charge in [-0.25, -0.2) is 8.42 Å². The number of pyridine rings is 1. The van der Waals surface area contributed by atoms with E-state index >= 15 is 0 Å². The number of sulfone groups is 1. The van der Waals surface area contributed by atoms with Crippen LogP contribution in [-0.4, -0.2) is 50.5 Å². The lowest BCUT2D eigenvalue weighted by atomic mass is 9.92. The second-order valence-corrected chi connectivity index (χ2v) is 12.8. The molecule has 0 atom stereocenters. The zero-order valence-electron chi connectivity index (χ0n) is 24.2. The average Bonchev–Trinajstić information content (AvgIpc) is 2.94. The van der Waals surface area contributed by atoms with Crippen molar-refractivity contribution < 1.29 is 27.4 Å². The van der Waals surface area contributed by atoms with Crippen LogP contribution in [-0.2, 0) is 26.4 Å². The summed E-state index contributed by atoms with van der Waals surface area (Å²) >= 11 is 0. The normalized spacial score (nSPS) is 17.2. The molecule has 41 heavy (non-hydrogen) atoms. The number of ether oxygens (including phenoxy) is 3. The van der Waals surface area contributed by atoms with Gasteiger partial charge in [0, 0.05) is 43.6 Å². The van der Waals surface area contributed by atoms with E-state index in [1.165, 1.54) is 17.7 Å². The molecule has 4 rings (SSSR count). The highest BCUT2D eigenvalue weighted by atomic mass is 32.2. The number of nitrogens with one attached hydrogen (secondary N) is 1. The van der Waals surface area contributed by atoms with Crippen molar-refractivity contribution in [1.29, 1.82) is 0 Å². The number of hydrogen-bond donors (Lipinski definition) is 1. The number of methoxy groups -OCH3 is 1. The third-order valence-corrected chi connectivity index (χ3v) is 9.13. The summed E-state index contributed by atoms with van der Waals surface area (Å²) in [6.07, 6.45) is 4.30. The van der Waals surface area contributed by atoms with Gasteiger partial charge in [0.05, 0.1) is 16.8 Å². The molecule has 0 saturated heterocycles. The summed E-state index contributed by atoms with van der Waals surface area (Å²) in [5.41, 5.74) is 2.68. The van der Waals surface area contributed by atoms with Crippen molar-refractivity contribution in [1.82, 2.24) is 9.88 Å². The van der Waals surface area contributed by atoms with E-state index in [4.69, 9.17) is 14.2 Å². The summed E-state index contributed by atoms with van der Waals surface area (Å²) in [5, 5.41) is 2.98. The van der Waals surface area contributed by atoms with E-state index in [2.05, 4.69) is 5.32 Å². The lowest BCUT2D eigenvalue weighted by Gasteiger charge is -2.30. The molecule has 0 spiro atoms. The maximum absolute atomic E-state index is 12.9. The summed E-state index contributed by atoms with van der Waals surface area (Å²) in [7, 11) is -0.396. The van der Waals surface area contributed by atoms with Gasteiger partial charge in [0.1, 0.15) is 23.9 Å². The molecule has 1 saturated carbocycles. The number of rotatable bonds is 10. The number of para-hydroxylation sites is 1. The number of carbonyl (C=O) groups is 1. The molecule has 0 aliphatic heterocycles. The minimum absolute atomic E-state index is 0.0202. The van der Waals surface area contributed by atoms with Gasteiger partial charge in [-0.1, -0.05) is 25.1 Å². The van der Waals surface area contributed by atoms with Gasteiger partial charge in [-0.3, -0.25) is 9.59 Å². The summed E-state index contributed by atoms with van der Waals surface area (Å²) in [6.45, 7) is 5.52. The fraction of sp³-hybridized carbons (Fsp3) is 0.419. The highest BCUT2D eigenvalue weighted by Crippen LogP contribution is 2.41. The number of nitrogens with zero attached hydrogens (tertiary/aromatic N) is 1. The van der Waals surface area contributed by atoms with Crippen LogP contribution in [0.15, 0.2) is 58.4 Å². The molecule has 1 aliphatic carbocycles. The van der Waals surface area contributed by atoms with Crippen molar-refractivity contribution in [2.24, 2.45) is 7.05 Å². The van der Waals surface area contributed by atoms with Crippen molar-refractivity contribution in [3.63, 3.8) is 0 Å². The molecule has 1 N–H and O–H groups in total. The Kier molecular flexibility index (Phi) is 9.55. The quantitative estimate of drug-likeness (QED) is 0.369. The molecule has 0 unspecified atom stereocenters. The maximum atomic E-state index is 12.9. The summed E-state index contributed by atoms with van der Waals surface area (Å²) in [6, 6.07) is 12.1. The van der Waals surface area contributed by atoms with Crippen LogP contribution in [0.1, 0.15) is 43.7 Å². The Labute approximate surface area is 241 Å². The van der Waals surface area contributed by atoms with E-state index in [1.807, 2.05) is 32.0 Å². The van der Waals surface area contributed by atoms with Crippen LogP contribution in [0.3, 0.4) is 0 Å². The molecule has 10 heteroatoms. The molecule has 220 valence electrons. The van der Waals surface area contributed by atoms with Crippen molar-refractivity contribution in [3.05, 3.63) is 70.1 Å². The Morgan fingerprint density at radius 1 is 1.00 bits per heavy atom. The predicted molar refractivity (Wildman–Crippen MR) is 158 cm³/mol. The Morgan fingerprint density at radius 2 is 1.68 bits per heavy atom. The van der Waals surface area contributed by atoms with Crippen LogP contribution in [0, 0.1) is 13.8 Å². The molecule has 2 aromatic carbocycles. The second-order valence-electron chi connectivity index (χ2n) is 10.5. The lowest BCUT2D eigenvalue weighted by Crippen LogP contribution is -2.41. The fourth-order valence-corrected chi connectivity index (χ4v) is 5.96. The van der Waals surface area contributed by atoms with Gasteiger partial charge in [0.2, 0.25) is 5.91 Å². The lowest BCUT2D eigenvalue weighted by molar-refractivity contribution is -0.125. The van der Waals surface area contributed by atoms with E-state index in [0.717, 1.165) is 24.0 Å². The summed E-state index contributed by atoms with van der Waals surface area (Å²) < 4.78 is 44.9. The number of aromatic nitrogens is 1. The monoisotopic (exact) mass is 582 g/mol. The first-order valence-corrected chi connectivity index (χ1v) is 15.4. The topological polar surface area (TPSA) is 113 Å². The molecule has 0 radical (unpaired) electrons. The maximum Gasteiger partial charge on any atom is 0.254 e. The molecular weight excluding hydrogens is 544 g/mol. The largest absolute Gasteiger partial charge is 0.490 e. The van der Waals surface area contributed by atoms with Gasteiger partial charge >= 0.3 is 0 Å². The number of benzene rings is 2. The number of amides is 1. The van der Waals surface area contributed by atoms with Gasteiger partial charge < -0.3 is 24.1 Å². The van der Waals surface area contributed by atoms with Crippen LogP contribution in [0.4, 0.5) is 0 Å². The number of aryl methyl sites for hydroxylation is 3. The van der Waals surface area contributed by atoms with Crippen molar-refractivity contribution in [2.45, 2.75) is 63.5 Å². The van der Waals surface area contributed by atoms with E-state index in [9.17, 15) is 18.0 Å². The zero-order chi connectivity index (χ0) is 29.7. The number of carbonyl (C=O) groups excluding carboxylic acids is 1. The van der Waals surface area contributed by atoms with Gasteiger partial charge in [0.25, 0.3) is 5.56 Å². The Balaban J connectivity index is 1.73. The summed E-state index contributed by atoms with van der Waals surface area (Å²) in [5.74, 6) is 1.29. The van der Waals surface area contributed by atoms with Crippen LogP contribution < -0.4 is 20.3 Å². The first-order chi connectivity index (χ1) is 19.5. The van der Waals surface area contributed by atoms with Crippen molar-refractivity contribution >= 4 is 15.7 Å². The van der Waals surface area contributed by atoms with E-state index in [0.29, 0.717) is 41.2 Å². The van der Waals surface area contributed by atoms with Crippen LogP contribution in [0.25, 0.3) is 11.1 Å². The fourth-order valence-electron chi connectivity index (χ4n) is 5.06. The minimum atomic E-state index is -3.52. The molecule has 1 aromatic heterocycles. The molecule has 9 nitrogen and oxygen atoms in total. The van der Waals surface area contributed by atoms with E-state index in [1.54, 1.807) is 38.4 Å². The predicted octanol–water partition coefficient (Wildman–Crippen LogP) is 4.71. The van der Waals surface area contributed by atoms with E-state index < -0.39 is 9.84 Å². The van der Waals surface area contributed by atoms with Crippen LogP contribution in [0.5, 0.6) is 17.2 Å². The third kappa shape index (κ3) is 7.18. The van der Waals surface area contributed by atoms with Crippen LogP contribution in [0.2, 0.25) is 0 Å². The molecule has 1 fully saturated rings. The minimum Gasteiger partial charge on any atom is -0.490 e. The SMILES string of the molecule is CCS(=O)(=O)c1ccc(Oc2c(C)cccc2C)c(-c2cn(C)c(=O)cc2OC2CCC(NC(=O)COC)CC2)c1. The van der Waals surface area contributed by atoms with Gasteiger partial charge in [-0.2, -0.15) is 0 Å². The van der Waals surface area contributed by atoms with Gasteiger partial charge in [0.15, 0.2) is 9.84 Å². The molecule has 1 heterocycles. The third-order valence-electron chi connectivity index (χ3n) is 7.40. The van der Waals surface area contributed by atoms with Crippen LogP contribution >= 0.6 is 0 Å². The van der Waals surface area contributed by atoms with E-state index in [-0.39, 0.29) is 40.9 Å². The highest BCUT2D eigenvalue weighted by Gasteiger charge is 2.26. The standard InChI is InChI=1S/C31H38N2O7S/c1-6-41(36,37)24-14-15-27(40-31-20(2)8-7-9-21(31)3)25(16-24)26-18-33(4)30(35)17-28(26)39-23-12-10-22(11-13-23)32-29(34)19-38-5/h7-9,14-18,22-23H,6,10-13,19H2,1-5H3,(H,32,34). The smallest absolute Gasteiger partial charge is 0.254 e. The zero-order valence-corrected chi connectivity index (χ0v) is 25.0. The Morgan fingerprint density at radius 3 is 2.32 bits per heavy atom. The highest BCUT2D eigenvalue weighted by molar-refractivity contribution is 7.91. The average molecular weight is 583 g/mol. The van der Waals surface area contributed by atoms with Crippen molar-refractivity contribution in [3.8, 4) is 28.4 Å². The summed E-state index contributed by atoms with van der Waals surface area (Å²) in [4.78, 5) is 24.8. The Hall–Kier alpha value is -3.63. The molecule has 1 amide bonds. The van der Waals surface area contributed by atoms with Crippen molar-refractivity contribution in [2.75, 3.05) is 19.5 Å².